The SMILES string of the molecule is CC(=O)N1CC[C@@H](N(C(=O)C2CCC(C)CC2)c2cc(C#CC(C)(C)C)sc2C(=O)O)C1. The molecule has 2 heterocycles. The van der Waals surface area contributed by atoms with Gasteiger partial charge in [-0.1, -0.05) is 18.8 Å². The number of anilines is 1. The van der Waals surface area contributed by atoms with E-state index in [-0.39, 0.29) is 34.1 Å². The summed E-state index contributed by atoms with van der Waals surface area (Å²) >= 11 is 1.12. The second-order valence-corrected chi connectivity index (χ2v) is 11.3. The summed E-state index contributed by atoms with van der Waals surface area (Å²) in [6.45, 7) is 10.8. The molecule has 2 fully saturated rings. The first-order chi connectivity index (χ1) is 15.0. The predicted octanol–water partition coefficient (Wildman–Crippen LogP) is 4.62. The number of carboxylic acids is 1. The molecule has 6 nitrogen and oxygen atoms in total. The molecule has 0 unspecified atom stereocenters. The van der Waals surface area contributed by atoms with Gasteiger partial charge in [0, 0.05) is 31.3 Å². The molecular weight excluding hydrogens is 424 g/mol. The van der Waals surface area contributed by atoms with Crippen molar-refractivity contribution in [1.29, 1.82) is 0 Å². The van der Waals surface area contributed by atoms with Gasteiger partial charge in [0.2, 0.25) is 11.8 Å². The molecule has 1 aliphatic heterocycles. The minimum atomic E-state index is -1.05. The van der Waals surface area contributed by atoms with E-state index in [2.05, 4.69) is 18.8 Å². The number of aromatic carboxylic acids is 1. The number of thiophene rings is 1. The van der Waals surface area contributed by atoms with Crippen LogP contribution in [-0.2, 0) is 9.59 Å². The van der Waals surface area contributed by atoms with Crippen molar-refractivity contribution in [3.8, 4) is 11.8 Å². The van der Waals surface area contributed by atoms with Gasteiger partial charge in [0.05, 0.1) is 16.6 Å². The highest BCUT2D eigenvalue weighted by Crippen LogP contribution is 2.37. The third-order valence-corrected chi connectivity index (χ3v) is 7.33. The molecule has 32 heavy (non-hydrogen) atoms. The van der Waals surface area contributed by atoms with Gasteiger partial charge in [-0.3, -0.25) is 9.59 Å². The van der Waals surface area contributed by atoms with Gasteiger partial charge in [-0.15, -0.1) is 11.3 Å². The van der Waals surface area contributed by atoms with Crippen LogP contribution in [0.5, 0.6) is 0 Å². The number of carboxylic acid groups (broad SMARTS) is 1. The molecule has 174 valence electrons. The molecule has 1 saturated heterocycles. The molecular formula is C25H34N2O4S. The Bertz CT molecular complexity index is 941. The third-order valence-electron chi connectivity index (χ3n) is 6.30. The molecule has 3 rings (SSSR count). The lowest BCUT2D eigenvalue weighted by Crippen LogP contribution is -2.46. The zero-order valence-electron chi connectivity index (χ0n) is 19.7. The highest BCUT2D eigenvalue weighted by Gasteiger charge is 2.39. The van der Waals surface area contributed by atoms with Crippen molar-refractivity contribution in [2.24, 2.45) is 17.3 Å². The summed E-state index contributed by atoms with van der Waals surface area (Å²) in [7, 11) is 0. The van der Waals surface area contributed by atoms with E-state index in [4.69, 9.17) is 0 Å². The minimum Gasteiger partial charge on any atom is -0.477 e. The van der Waals surface area contributed by atoms with Crippen LogP contribution in [0.2, 0.25) is 0 Å². The summed E-state index contributed by atoms with van der Waals surface area (Å²) in [5, 5.41) is 9.93. The molecule has 0 aromatic carbocycles. The fourth-order valence-electron chi connectivity index (χ4n) is 4.46. The molecule has 7 heteroatoms. The van der Waals surface area contributed by atoms with Gasteiger partial charge in [-0.25, -0.2) is 4.79 Å². The normalized spacial score (nSPS) is 23.4. The molecule has 1 saturated carbocycles. The average Bonchev–Trinajstić information content (AvgIpc) is 3.35. The first-order valence-corrected chi connectivity index (χ1v) is 12.3. The Morgan fingerprint density at radius 1 is 1.16 bits per heavy atom. The maximum Gasteiger partial charge on any atom is 0.348 e. The van der Waals surface area contributed by atoms with Crippen LogP contribution in [-0.4, -0.2) is 46.9 Å². The summed E-state index contributed by atoms with van der Waals surface area (Å²) in [5.41, 5.74) is 0.217. The van der Waals surface area contributed by atoms with E-state index in [1.165, 1.54) is 6.92 Å². The summed E-state index contributed by atoms with van der Waals surface area (Å²) in [6.07, 6.45) is 4.30. The standard InChI is InChI=1S/C25H34N2O4S/c1-16-6-8-18(9-7-16)23(29)27(19-11-13-26(15-19)17(2)28)21-14-20(10-12-25(3,4)5)32-22(21)24(30)31/h14,16,18-19H,6-9,11,13,15H2,1-5H3,(H,30,31)/t16?,18?,19-/m1/s1. The minimum absolute atomic E-state index is 0.0112. The van der Waals surface area contributed by atoms with Crippen LogP contribution in [0.15, 0.2) is 6.07 Å². The van der Waals surface area contributed by atoms with Crippen LogP contribution in [0.4, 0.5) is 5.69 Å². The van der Waals surface area contributed by atoms with Crippen LogP contribution in [0.25, 0.3) is 0 Å². The smallest absolute Gasteiger partial charge is 0.348 e. The van der Waals surface area contributed by atoms with Crippen molar-refractivity contribution in [1.82, 2.24) is 4.90 Å². The van der Waals surface area contributed by atoms with Crippen LogP contribution < -0.4 is 4.90 Å². The van der Waals surface area contributed by atoms with Crippen molar-refractivity contribution < 1.29 is 19.5 Å². The van der Waals surface area contributed by atoms with Crippen LogP contribution in [0.3, 0.4) is 0 Å². The molecule has 0 radical (unpaired) electrons. The predicted molar refractivity (Wildman–Crippen MR) is 127 cm³/mol. The highest BCUT2D eigenvalue weighted by atomic mass is 32.1. The second kappa shape index (κ2) is 9.66. The number of nitrogens with zero attached hydrogens (tertiary/aromatic N) is 2. The van der Waals surface area contributed by atoms with Crippen molar-refractivity contribution in [2.75, 3.05) is 18.0 Å². The maximum atomic E-state index is 13.8. The van der Waals surface area contributed by atoms with Crippen molar-refractivity contribution in [2.45, 2.75) is 72.8 Å². The maximum absolute atomic E-state index is 13.8. The average molecular weight is 459 g/mol. The second-order valence-electron chi connectivity index (χ2n) is 10.2. The van der Waals surface area contributed by atoms with Crippen molar-refractivity contribution >= 4 is 34.8 Å². The Labute approximate surface area is 195 Å². The molecule has 2 amide bonds. The lowest BCUT2D eigenvalue weighted by atomic mass is 9.82. The Kier molecular flexibility index (Phi) is 7.34. The Morgan fingerprint density at radius 2 is 1.81 bits per heavy atom. The van der Waals surface area contributed by atoms with E-state index in [0.29, 0.717) is 36.0 Å². The van der Waals surface area contributed by atoms with Crippen molar-refractivity contribution in [3.05, 3.63) is 15.8 Å². The summed E-state index contributed by atoms with van der Waals surface area (Å²) in [6, 6.07) is 1.54. The number of hydrogen-bond acceptors (Lipinski definition) is 4. The van der Waals surface area contributed by atoms with E-state index in [9.17, 15) is 19.5 Å². The summed E-state index contributed by atoms with van der Waals surface area (Å²) in [4.78, 5) is 42.0. The molecule has 1 atom stereocenters. The first-order valence-electron chi connectivity index (χ1n) is 11.4. The molecule has 1 N–H and O–H groups in total. The number of amides is 2. The fraction of sp³-hybridized carbons (Fsp3) is 0.640. The van der Waals surface area contributed by atoms with Crippen molar-refractivity contribution in [3.63, 3.8) is 0 Å². The largest absolute Gasteiger partial charge is 0.477 e. The quantitative estimate of drug-likeness (QED) is 0.668. The lowest BCUT2D eigenvalue weighted by Gasteiger charge is -2.34. The van der Waals surface area contributed by atoms with E-state index >= 15 is 0 Å². The van der Waals surface area contributed by atoms with E-state index in [0.717, 1.165) is 37.0 Å². The number of carbonyl (C=O) groups excluding carboxylic acids is 2. The van der Waals surface area contributed by atoms with Crippen LogP contribution in [0, 0.1) is 29.1 Å². The first kappa shape index (κ1) is 24.3. The van der Waals surface area contributed by atoms with Crippen LogP contribution >= 0.6 is 11.3 Å². The van der Waals surface area contributed by atoms with Gasteiger partial charge in [0.1, 0.15) is 4.88 Å². The number of carbonyl (C=O) groups is 3. The Hall–Kier alpha value is -2.33. The molecule has 1 aromatic rings. The summed E-state index contributed by atoms with van der Waals surface area (Å²) < 4.78 is 0. The van der Waals surface area contributed by atoms with Gasteiger partial charge in [-0.05, 0) is 64.9 Å². The van der Waals surface area contributed by atoms with E-state index < -0.39 is 5.97 Å². The van der Waals surface area contributed by atoms with E-state index in [1.807, 2.05) is 20.8 Å². The molecule has 2 aliphatic rings. The zero-order chi connectivity index (χ0) is 23.6. The molecule has 0 spiro atoms. The molecule has 1 aliphatic carbocycles. The van der Waals surface area contributed by atoms with Crippen LogP contribution in [0.1, 0.15) is 81.3 Å². The van der Waals surface area contributed by atoms with Gasteiger partial charge in [0.15, 0.2) is 0 Å². The number of hydrogen-bond donors (Lipinski definition) is 1. The molecule has 0 bridgehead atoms. The monoisotopic (exact) mass is 458 g/mol. The number of rotatable bonds is 4. The highest BCUT2D eigenvalue weighted by molar-refractivity contribution is 7.15. The fourth-order valence-corrected chi connectivity index (χ4v) is 5.30. The molecule has 1 aromatic heterocycles. The number of likely N-dealkylation sites (tertiary alicyclic amines) is 1. The van der Waals surface area contributed by atoms with Gasteiger partial charge < -0.3 is 14.9 Å². The van der Waals surface area contributed by atoms with Gasteiger partial charge in [0.25, 0.3) is 0 Å². The Morgan fingerprint density at radius 3 is 2.34 bits per heavy atom. The topological polar surface area (TPSA) is 77.9 Å². The third kappa shape index (κ3) is 5.72. The summed E-state index contributed by atoms with van der Waals surface area (Å²) in [5.74, 6) is 5.68. The van der Waals surface area contributed by atoms with E-state index in [1.54, 1.807) is 15.9 Å². The van der Waals surface area contributed by atoms with Gasteiger partial charge in [-0.2, -0.15) is 0 Å². The van der Waals surface area contributed by atoms with Gasteiger partial charge >= 0.3 is 5.97 Å². The lowest BCUT2D eigenvalue weighted by molar-refractivity contribution is -0.128. The Balaban J connectivity index is 2.01. The zero-order valence-corrected chi connectivity index (χ0v) is 20.6.